The number of anilines is 1. The Morgan fingerprint density at radius 1 is 1.28 bits per heavy atom. The summed E-state index contributed by atoms with van der Waals surface area (Å²) in [4.78, 5) is 13.1. The van der Waals surface area contributed by atoms with Gasteiger partial charge in [0.2, 0.25) is 5.91 Å². The van der Waals surface area contributed by atoms with Crippen molar-refractivity contribution in [1.29, 1.82) is 0 Å². The fourth-order valence-electron chi connectivity index (χ4n) is 2.29. The van der Waals surface area contributed by atoms with Crippen LogP contribution in [-0.4, -0.2) is 26.4 Å². The molecule has 5 nitrogen and oxygen atoms in total. The standard InChI is InChI=1S/C17H17FN4OS2/c1-11(2)22-16(14-8-5-9-24-14)20-21-17(22)25-10-15(23)19-13-7-4-3-6-12(13)18/h3-9,11H,10H2,1-2H3,(H,19,23). The van der Waals surface area contributed by atoms with Crippen molar-refractivity contribution in [2.24, 2.45) is 0 Å². The van der Waals surface area contributed by atoms with Crippen molar-refractivity contribution in [3.05, 3.63) is 47.6 Å². The Morgan fingerprint density at radius 2 is 2.08 bits per heavy atom. The topological polar surface area (TPSA) is 59.8 Å². The van der Waals surface area contributed by atoms with Gasteiger partial charge in [0.15, 0.2) is 11.0 Å². The van der Waals surface area contributed by atoms with Gasteiger partial charge in [-0.15, -0.1) is 21.5 Å². The van der Waals surface area contributed by atoms with E-state index in [-0.39, 0.29) is 23.4 Å². The van der Waals surface area contributed by atoms with Crippen molar-refractivity contribution in [1.82, 2.24) is 14.8 Å². The van der Waals surface area contributed by atoms with Crippen LogP contribution in [0.4, 0.5) is 10.1 Å². The predicted octanol–water partition coefficient (Wildman–Crippen LogP) is 4.46. The zero-order valence-corrected chi connectivity index (χ0v) is 15.4. The number of thioether (sulfide) groups is 1. The summed E-state index contributed by atoms with van der Waals surface area (Å²) in [6.07, 6.45) is 0. The van der Waals surface area contributed by atoms with Crippen LogP contribution < -0.4 is 5.32 Å². The van der Waals surface area contributed by atoms with Gasteiger partial charge >= 0.3 is 0 Å². The van der Waals surface area contributed by atoms with Crippen LogP contribution in [-0.2, 0) is 4.79 Å². The van der Waals surface area contributed by atoms with Crippen LogP contribution in [0.15, 0.2) is 46.9 Å². The van der Waals surface area contributed by atoms with E-state index < -0.39 is 5.82 Å². The first-order valence-corrected chi connectivity index (χ1v) is 9.58. The van der Waals surface area contributed by atoms with Crippen LogP contribution in [0.2, 0.25) is 0 Å². The third kappa shape index (κ3) is 4.08. The van der Waals surface area contributed by atoms with Crippen LogP contribution in [0.5, 0.6) is 0 Å². The molecule has 0 unspecified atom stereocenters. The minimum atomic E-state index is -0.453. The van der Waals surface area contributed by atoms with Gasteiger partial charge in [0.05, 0.1) is 16.3 Å². The van der Waals surface area contributed by atoms with E-state index in [1.54, 1.807) is 23.5 Å². The number of thiophene rings is 1. The molecule has 8 heteroatoms. The number of rotatable bonds is 6. The Kier molecular flexibility index (Phi) is 5.50. The molecule has 2 aromatic heterocycles. The predicted molar refractivity (Wildman–Crippen MR) is 99.5 cm³/mol. The fourth-order valence-corrected chi connectivity index (χ4v) is 3.87. The average Bonchev–Trinajstić information content (AvgIpc) is 3.24. The summed E-state index contributed by atoms with van der Waals surface area (Å²) >= 11 is 2.88. The SMILES string of the molecule is CC(C)n1c(SCC(=O)Nc2ccccc2F)nnc1-c1cccs1. The highest BCUT2D eigenvalue weighted by Gasteiger charge is 2.18. The second-order valence-electron chi connectivity index (χ2n) is 5.56. The summed E-state index contributed by atoms with van der Waals surface area (Å²) < 4.78 is 15.6. The van der Waals surface area contributed by atoms with Crippen molar-refractivity contribution in [3.63, 3.8) is 0 Å². The van der Waals surface area contributed by atoms with E-state index in [0.717, 1.165) is 10.7 Å². The Bertz CT molecular complexity index is 861. The minimum absolute atomic E-state index is 0.129. The van der Waals surface area contributed by atoms with Gasteiger partial charge < -0.3 is 5.32 Å². The number of carbonyl (C=O) groups is 1. The van der Waals surface area contributed by atoms with Crippen LogP contribution >= 0.6 is 23.1 Å². The number of nitrogens with zero attached hydrogens (tertiary/aromatic N) is 3. The lowest BCUT2D eigenvalue weighted by Crippen LogP contribution is -2.15. The van der Waals surface area contributed by atoms with E-state index in [1.165, 1.54) is 23.9 Å². The zero-order chi connectivity index (χ0) is 17.8. The van der Waals surface area contributed by atoms with Gasteiger partial charge in [0.1, 0.15) is 5.82 Å². The molecule has 0 aliphatic heterocycles. The molecule has 1 aromatic carbocycles. The van der Waals surface area contributed by atoms with E-state index in [1.807, 2.05) is 35.9 Å². The molecule has 0 atom stereocenters. The van der Waals surface area contributed by atoms with E-state index in [2.05, 4.69) is 15.5 Å². The minimum Gasteiger partial charge on any atom is -0.323 e. The van der Waals surface area contributed by atoms with Crippen molar-refractivity contribution in [2.45, 2.75) is 25.0 Å². The third-order valence-electron chi connectivity index (χ3n) is 3.40. The summed E-state index contributed by atoms with van der Waals surface area (Å²) in [6.45, 7) is 4.09. The quantitative estimate of drug-likeness (QED) is 0.646. The second-order valence-corrected chi connectivity index (χ2v) is 7.45. The number of nitrogens with one attached hydrogen (secondary N) is 1. The summed E-state index contributed by atoms with van der Waals surface area (Å²) in [5.41, 5.74) is 0.178. The highest BCUT2D eigenvalue weighted by Crippen LogP contribution is 2.30. The van der Waals surface area contributed by atoms with Crippen LogP contribution in [0.1, 0.15) is 19.9 Å². The third-order valence-corrected chi connectivity index (χ3v) is 5.21. The lowest BCUT2D eigenvalue weighted by atomic mass is 10.3. The number of amides is 1. The Balaban J connectivity index is 1.71. The molecule has 0 saturated carbocycles. The van der Waals surface area contributed by atoms with Gasteiger partial charge in [-0.05, 0) is 37.4 Å². The van der Waals surface area contributed by atoms with Gasteiger partial charge in [-0.25, -0.2) is 4.39 Å². The number of halogens is 1. The molecular formula is C17H17FN4OS2. The van der Waals surface area contributed by atoms with Crippen molar-refractivity contribution in [3.8, 4) is 10.7 Å². The normalized spacial score (nSPS) is 11.0. The number of carbonyl (C=O) groups excluding carboxylic acids is 1. The second kappa shape index (κ2) is 7.79. The molecule has 130 valence electrons. The van der Waals surface area contributed by atoms with Gasteiger partial charge in [0, 0.05) is 6.04 Å². The molecule has 2 heterocycles. The lowest BCUT2D eigenvalue weighted by Gasteiger charge is -2.13. The molecule has 3 rings (SSSR count). The van der Waals surface area contributed by atoms with Crippen LogP contribution in [0, 0.1) is 5.82 Å². The summed E-state index contributed by atoms with van der Waals surface area (Å²) in [5.74, 6) is 0.183. The Morgan fingerprint density at radius 3 is 2.76 bits per heavy atom. The highest BCUT2D eigenvalue weighted by atomic mass is 32.2. The number of benzene rings is 1. The molecule has 1 amide bonds. The summed E-state index contributed by atoms with van der Waals surface area (Å²) in [7, 11) is 0. The molecule has 0 aliphatic rings. The first-order chi connectivity index (χ1) is 12.1. The van der Waals surface area contributed by atoms with E-state index >= 15 is 0 Å². The Labute approximate surface area is 153 Å². The number of para-hydroxylation sites is 1. The van der Waals surface area contributed by atoms with E-state index in [4.69, 9.17) is 0 Å². The molecule has 0 radical (unpaired) electrons. The molecule has 3 aromatic rings. The maximum Gasteiger partial charge on any atom is 0.234 e. The monoisotopic (exact) mass is 376 g/mol. The zero-order valence-electron chi connectivity index (χ0n) is 13.8. The first kappa shape index (κ1) is 17.6. The molecule has 0 saturated heterocycles. The highest BCUT2D eigenvalue weighted by molar-refractivity contribution is 7.99. The van der Waals surface area contributed by atoms with Crippen molar-refractivity contribution >= 4 is 34.7 Å². The molecule has 0 aliphatic carbocycles. The smallest absolute Gasteiger partial charge is 0.234 e. The molecular weight excluding hydrogens is 359 g/mol. The van der Waals surface area contributed by atoms with Crippen molar-refractivity contribution in [2.75, 3.05) is 11.1 Å². The molecule has 25 heavy (non-hydrogen) atoms. The van der Waals surface area contributed by atoms with E-state index in [0.29, 0.717) is 5.16 Å². The summed E-state index contributed by atoms with van der Waals surface area (Å²) in [6, 6.07) is 10.2. The molecule has 1 N–H and O–H groups in total. The molecule has 0 fully saturated rings. The molecule has 0 spiro atoms. The number of hydrogen-bond donors (Lipinski definition) is 1. The Hall–Kier alpha value is -2.19. The summed E-state index contributed by atoms with van der Waals surface area (Å²) in [5, 5.41) is 13.7. The lowest BCUT2D eigenvalue weighted by molar-refractivity contribution is -0.113. The fraction of sp³-hybridized carbons (Fsp3) is 0.235. The number of hydrogen-bond acceptors (Lipinski definition) is 5. The van der Waals surface area contributed by atoms with E-state index in [9.17, 15) is 9.18 Å². The van der Waals surface area contributed by atoms with Gasteiger partial charge in [-0.3, -0.25) is 9.36 Å². The van der Waals surface area contributed by atoms with Gasteiger partial charge in [-0.2, -0.15) is 0 Å². The first-order valence-electron chi connectivity index (χ1n) is 7.72. The maximum absolute atomic E-state index is 13.6. The largest absolute Gasteiger partial charge is 0.323 e. The van der Waals surface area contributed by atoms with Crippen molar-refractivity contribution < 1.29 is 9.18 Å². The maximum atomic E-state index is 13.6. The average molecular weight is 376 g/mol. The molecule has 0 bridgehead atoms. The van der Waals surface area contributed by atoms with Gasteiger partial charge in [-0.1, -0.05) is 30.0 Å². The van der Waals surface area contributed by atoms with Crippen LogP contribution in [0.25, 0.3) is 10.7 Å². The number of aromatic nitrogens is 3. The van der Waals surface area contributed by atoms with Gasteiger partial charge in [0.25, 0.3) is 0 Å². The van der Waals surface area contributed by atoms with Crippen LogP contribution in [0.3, 0.4) is 0 Å².